The molecule has 1 aliphatic carbocycles. The predicted octanol–water partition coefficient (Wildman–Crippen LogP) is 3.17. The van der Waals surface area contributed by atoms with Gasteiger partial charge in [0.2, 0.25) is 0 Å². The highest BCUT2D eigenvalue weighted by atomic mass is 32.1. The van der Waals surface area contributed by atoms with E-state index >= 15 is 0 Å². The van der Waals surface area contributed by atoms with E-state index in [1.165, 1.54) is 19.3 Å². The Balaban J connectivity index is 1.86. The third-order valence-corrected chi connectivity index (χ3v) is 4.30. The minimum atomic E-state index is 0.125. The van der Waals surface area contributed by atoms with Crippen LogP contribution in [0.15, 0.2) is 23.3 Å². The van der Waals surface area contributed by atoms with Gasteiger partial charge in [-0.05, 0) is 61.7 Å². The molecule has 1 saturated carbocycles. The molecule has 0 unspecified atom stereocenters. The second kappa shape index (κ2) is 8.72. The van der Waals surface area contributed by atoms with Crippen molar-refractivity contribution in [3.8, 4) is 11.5 Å². The largest absolute Gasteiger partial charge is 0.504 e. The van der Waals surface area contributed by atoms with Crippen molar-refractivity contribution in [1.82, 2.24) is 10.7 Å². The third kappa shape index (κ3) is 5.39. The average molecular weight is 335 g/mol. The molecule has 5 nitrogen and oxygen atoms in total. The summed E-state index contributed by atoms with van der Waals surface area (Å²) in [4.78, 5) is 0. The summed E-state index contributed by atoms with van der Waals surface area (Å²) in [6.07, 6.45) is 6.61. The summed E-state index contributed by atoms with van der Waals surface area (Å²) in [6.45, 7) is 4.63. The minimum Gasteiger partial charge on any atom is -0.504 e. The van der Waals surface area contributed by atoms with Gasteiger partial charge in [0.15, 0.2) is 16.6 Å². The monoisotopic (exact) mass is 335 g/mol. The van der Waals surface area contributed by atoms with Gasteiger partial charge in [0.1, 0.15) is 0 Å². The standard InChI is InChI=1S/C17H25N3O2S/c1-3-22-16-10-13(8-9-15(16)21)11-18-20-17(23)19-14-7-5-4-6-12(14)2/h8-12,14,21H,3-7H2,1-2H3,(H2,19,20,23)/b18-11+/t12-,14-/m0/s1. The van der Waals surface area contributed by atoms with Gasteiger partial charge >= 0.3 is 0 Å². The van der Waals surface area contributed by atoms with Crippen molar-refractivity contribution < 1.29 is 9.84 Å². The Kier molecular flexibility index (Phi) is 6.65. The Morgan fingerprint density at radius 1 is 1.43 bits per heavy atom. The van der Waals surface area contributed by atoms with E-state index in [1.54, 1.807) is 24.4 Å². The zero-order chi connectivity index (χ0) is 16.7. The molecule has 1 fully saturated rings. The van der Waals surface area contributed by atoms with Gasteiger partial charge in [0.25, 0.3) is 0 Å². The van der Waals surface area contributed by atoms with Crippen LogP contribution in [0.25, 0.3) is 0 Å². The van der Waals surface area contributed by atoms with Crippen molar-refractivity contribution >= 4 is 23.5 Å². The van der Waals surface area contributed by atoms with Gasteiger partial charge in [-0.2, -0.15) is 5.10 Å². The van der Waals surface area contributed by atoms with Crippen LogP contribution in [-0.2, 0) is 0 Å². The van der Waals surface area contributed by atoms with Crippen molar-refractivity contribution in [2.45, 2.75) is 45.6 Å². The first-order chi connectivity index (χ1) is 11.1. The van der Waals surface area contributed by atoms with Gasteiger partial charge in [-0.15, -0.1) is 0 Å². The fourth-order valence-electron chi connectivity index (χ4n) is 2.78. The number of nitrogens with zero attached hydrogens (tertiary/aromatic N) is 1. The lowest BCUT2D eigenvalue weighted by Crippen LogP contribution is -2.44. The van der Waals surface area contributed by atoms with E-state index in [-0.39, 0.29) is 5.75 Å². The van der Waals surface area contributed by atoms with E-state index in [9.17, 15) is 5.11 Å². The summed E-state index contributed by atoms with van der Waals surface area (Å²) in [7, 11) is 0. The second-order valence-electron chi connectivity index (χ2n) is 5.87. The van der Waals surface area contributed by atoms with Crippen LogP contribution >= 0.6 is 12.2 Å². The Morgan fingerprint density at radius 2 is 2.22 bits per heavy atom. The first-order valence-electron chi connectivity index (χ1n) is 8.15. The molecular weight excluding hydrogens is 310 g/mol. The van der Waals surface area contributed by atoms with Crippen LogP contribution in [0.3, 0.4) is 0 Å². The summed E-state index contributed by atoms with van der Waals surface area (Å²) >= 11 is 5.29. The molecule has 0 heterocycles. The van der Waals surface area contributed by atoms with Gasteiger partial charge in [0, 0.05) is 6.04 Å². The van der Waals surface area contributed by atoms with Gasteiger partial charge in [-0.1, -0.05) is 19.8 Å². The number of phenols is 1. The lowest BCUT2D eigenvalue weighted by molar-refractivity contribution is 0.308. The number of aromatic hydroxyl groups is 1. The number of benzene rings is 1. The van der Waals surface area contributed by atoms with Gasteiger partial charge < -0.3 is 15.2 Å². The molecule has 1 aliphatic rings. The maximum Gasteiger partial charge on any atom is 0.187 e. The molecule has 6 heteroatoms. The topological polar surface area (TPSA) is 65.9 Å². The maximum atomic E-state index is 9.67. The Hall–Kier alpha value is -1.82. The average Bonchev–Trinajstić information content (AvgIpc) is 2.53. The van der Waals surface area contributed by atoms with Gasteiger partial charge in [0.05, 0.1) is 12.8 Å². The van der Waals surface area contributed by atoms with Crippen LogP contribution in [0.4, 0.5) is 0 Å². The molecule has 0 aliphatic heterocycles. The fourth-order valence-corrected chi connectivity index (χ4v) is 2.98. The molecule has 0 radical (unpaired) electrons. The number of hydrogen-bond acceptors (Lipinski definition) is 4. The highest BCUT2D eigenvalue weighted by Crippen LogP contribution is 2.26. The van der Waals surface area contributed by atoms with Crippen molar-refractivity contribution in [3.05, 3.63) is 23.8 Å². The third-order valence-electron chi connectivity index (χ3n) is 4.09. The molecule has 0 bridgehead atoms. The molecule has 2 atom stereocenters. The number of thiocarbonyl (C=S) groups is 1. The molecule has 0 saturated heterocycles. The van der Waals surface area contributed by atoms with E-state index in [1.807, 2.05) is 6.92 Å². The molecule has 3 N–H and O–H groups in total. The van der Waals surface area contributed by atoms with E-state index in [2.05, 4.69) is 22.8 Å². The SMILES string of the molecule is CCOc1cc(/C=N/NC(=S)N[C@H]2CCCC[C@@H]2C)ccc1O. The van der Waals surface area contributed by atoms with Gasteiger partial charge in [-0.25, -0.2) is 0 Å². The first kappa shape index (κ1) is 17.5. The lowest BCUT2D eigenvalue weighted by atomic mass is 9.86. The molecule has 0 spiro atoms. The van der Waals surface area contributed by atoms with E-state index in [0.29, 0.717) is 29.4 Å². The Bertz CT molecular complexity index is 563. The van der Waals surface area contributed by atoms with Crippen LogP contribution < -0.4 is 15.5 Å². The predicted molar refractivity (Wildman–Crippen MR) is 97.2 cm³/mol. The highest BCUT2D eigenvalue weighted by Gasteiger charge is 2.21. The molecular formula is C17H25N3O2S. The van der Waals surface area contributed by atoms with Crippen LogP contribution in [0.5, 0.6) is 11.5 Å². The zero-order valence-electron chi connectivity index (χ0n) is 13.7. The van der Waals surface area contributed by atoms with E-state index < -0.39 is 0 Å². The summed E-state index contributed by atoms with van der Waals surface area (Å²) < 4.78 is 5.35. The molecule has 23 heavy (non-hydrogen) atoms. The summed E-state index contributed by atoms with van der Waals surface area (Å²) in [6, 6.07) is 5.52. The molecule has 1 aromatic carbocycles. The minimum absolute atomic E-state index is 0.125. The molecule has 126 valence electrons. The number of phenolic OH excluding ortho intramolecular Hbond substituents is 1. The normalized spacial score (nSPS) is 21.1. The molecule has 1 aromatic rings. The van der Waals surface area contributed by atoms with Crippen LogP contribution in [0.1, 0.15) is 45.1 Å². The van der Waals surface area contributed by atoms with Crippen LogP contribution in [-0.4, -0.2) is 29.1 Å². The fraction of sp³-hybridized carbons (Fsp3) is 0.529. The van der Waals surface area contributed by atoms with Crippen molar-refractivity contribution in [2.24, 2.45) is 11.0 Å². The molecule has 0 amide bonds. The first-order valence-corrected chi connectivity index (χ1v) is 8.56. The Labute approximate surface area is 143 Å². The van der Waals surface area contributed by atoms with Gasteiger partial charge in [-0.3, -0.25) is 5.43 Å². The zero-order valence-corrected chi connectivity index (χ0v) is 14.5. The lowest BCUT2D eigenvalue weighted by Gasteiger charge is -2.30. The van der Waals surface area contributed by atoms with Crippen LogP contribution in [0.2, 0.25) is 0 Å². The van der Waals surface area contributed by atoms with Crippen molar-refractivity contribution in [1.29, 1.82) is 0 Å². The van der Waals surface area contributed by atoms with Crippen LogP contribution in [0, 0.1) is 5.92 Å². The van der Waals surface area contributed by atoms with Crippen molar-refractivity contribution in [2.75, 3.05) is 6.61 Å². The number of rotatable bonds is 5. The smallest absolute Gasteiger partial charge is 0.187 e. The van der Waals surface area contributed by atoms with E-state index in [0.717, 1.165) is 12.0 Å². The number of nitrogens with one attached hydrogen (secondary N) is 2. The Morgan fingerprint density at radius 3 is 2.96 bits per heavy atom. The van der Waals surface area contributed by atoms with Crippen molar-refractivity contribution in [3.63, 3.8) is 0 Å². The molecule has 0 aromatic heterocycles. The quantitative estimate of drug-likeness (QED) is 0.438. The summed E-state index contributed by atoms with van der Waals surface area (Å²) in [5, 5.41) is 17.7. The molecule has 2 rings (SSSR count). The van der Waals surface area contributed by atoms with E-state index in [4.69, 9.17) is 17.0 Å². The highest BCUT2D eigenvalue weighted by molar-refractivity contribution is 7.80. The number of hydrazone groups is 1. The number of hydrogen-bond donors (Lipinski definition) is 3. The number of ether oxygens (including phenoxy) is 1. The maximum absolute atomic E-state index is 9.67. The summed E-state index contributed by atoms with van der Waals surface area (Å²) in [5.41, 5.74) is 3.68. The second-order valence-corrected chi connectivity index (χ2v) is 6.28. The summed E-state index contributed by atoms with van der Waals surface area (Å²) in [5.74, 6) is 1.21.